The zero-order valence-corrected chi connectivity index (χ0v) is 2.89. The molecule has 5 heteroatoms. The Hall–Kier alpha value is -0.610. The smallest absolute Gasteiger partial charge is 0.334 e. The third kappa shape index (κ3) is 5.39. The Bertz CT molecular complexity index is 56.1. The monoisotopic (exact) mass is 119 g/mol. The van der Waals surface area contributed by atoms with Crippen LogP contribution in [0.5, 0.6) is 0 Å². The van der Waals surface area contributed by atoms with Gasteiger partial charge in [0.15, 0.2) is 0 Å². The fraction of sp³-hybridized carbons (Fsp3) is 0. The first kappa shape index (κ1) is 9.63. The van der Waals surface area contributed by atoms with Crippen LogP contribution in [0.3, 0.4) is 0 Å². The van der Waals surface area contributed by atoms with Crippen molar-refractivity contribution in [1.29, 1.82) is 0 Å². The largest absolute Gasteiger partial charge is 1.00 e. The Kier molecular flexibility index (Phi) is 4.92. The second kappa shape index (κ2) is 3.58. The Balaban J connectivity index is 0. The van der Waals surface area contributed by atoms with Crippen LogP contribution in [-0.4, -0.2) is 0 Å². The van der Waals surface area contributed by atoms with E-state index in [-0.39, 0.29) is 4.70 Å². The highest BCUT2D eigenvalue weighted by molar-refractivity contribution is 4.77. The molecule has 44 valence electrons. The van der Waals surface area contributed by atoms with Crippen molar-refractivity contribution >= 4 is 0 Å². The van der Waals surface area contributed by atoms with Gasteiger partial charge in [0.2, 0.25) is 0 Å². The molecule has 0 N–H and O–H groups in total. The van der Waals surface area contributed by atoms with Gasteiger partial charge < -0.3 is 4.70 Å². The summed E-state index contributed by atoms with van der Waals surface area (Å²) in [6.07, 6.45) is -5.81. The van der Waals surface area contributed by atoms with Crippen LogP contribution in [0.4, 0.5) is 17.6 Å². The van der Waals surface area contributed by atoms with E-state index in [0.29, 0.717) is 0 Å². The molecule has 0 spiro atoms. The van der Waals surface area contributed by atoms with Crippen molar-refractivity contribution < 1.29 is 22.3 Å². The first-order valence-electron chi connectivity index (χ1n) is 1.01. The fourth-order valence-corrected chi connectivity index (χ4v) is 0. The highest BCUT2D eigenvalue weighted by atomic mass is 19.3. The van der Waals surface area contributed by atoms with Crippen molar-refractivity contribution in [3.05, 3.63) is 12.2 Å². The summed E-state index contributed by atoms with van der Waals surface area (Å²) in [5.74, 6) is 0. The van der Waals surface area contributed by atoms with Gasteiger partial charge in [-0.1, -0.05) is 0 Å². The summed E-state index contributed by atoms with van der Waals surface area (Å²) < 4.78 is 41.1. The van der Waals surface area contributed by atoms with Crippen molar-refractivity contribution in [2.24, 2.45) is 0 Å². The number of hydrogen-bond donors (Lipinski definition) is 0. The molecule has 0 aromatic rings. The molecule has 0 saturated heterocycles. The molecule has 0 aromatic heterocycles. The zero-order valence-electron chi connectivity index (χ0n) is 2.89. The van der Waals surface area contributed by atoms with Gasteiger partial charge >= 0.3 is 12.2 Å². The highest BCUT2D eigenvalue weighted by Crippen LogP contribution is 2.08. The SMILES string of the molecule is FC(F)=C(F)F.[F-]. The van der Waals surface area contributed by atoms with Crippen LogP contribution < -0.4 is 4.70 Å². The number of hydrogen-bond acceptors (Lipinski definition) is 0. The summed E-state index contributed by atoms with van der Waals surface area (Å²) in [6.45, 7) is 0. The van der Waals surface area contributed by atoms with Crippen molar-refractivity contribution in [3.63, 3.8) is 0 Å². The van der Waals surface area contributed by atoms with E-state index in [9.17, 15) is 17.6 Å². The van der Waals surface area contributed by atoms with Crippen molar-refractivity contribution in [2.75, 3.05) is 0 Å². The van der Waals surface area contributed by atoms with Crippen LogP contribution in [0.1, 0.15) is 0 Å². The third-order valence-electron chi connectivity index (χ3n) is 0.143. The zero-order chi connectivity index (χ0) is 5.15. The minimum Gasteiger partial charge on any atom is -1.00 e. The third-order valence-corrected chi connectivity index (χ3v) is 0.143. The van der Waals surface area contributed by atoms with Crippen LogP contribution in [-0.2, 0) is 0 Å². The van der Waals surface area contributed by atoms with E-state index in [4.69, 9.17) is 0 Å². The second-order valence-electron chi connectivity index (χ2n) is 0.521. The lowest BCUT2D eigenvalue weighted by molar-refractivity contribution is -0.00000413. The summed E-state index contributed by atoms with van der Waals surface area (Å²) in [5.41, 5.74) is 0. The van der Waals surface area contributed by atoms with Gasteiger partial charge in [-0.15, -0.1) is 0 Å². The van der Waals surface area contributed by atoms with Crippen LogP contribution in [0, 0.1) is 0 Å². The first-order chi connectivity index (χ1) is 2.64. The standard InChI is InChI=1S/C2F4.FH/c3-1(4)2(5)6;/h;1H/p-1. The molecule has 7 heavy (non-hydrogen) atoms. The van der Waals surface area contributed by atoms with Crippen molar-refractivity contribution in [1.82, 2.24) is 0 Å². The summed E-state index contributed by atoms with van der Waals surface area (Å²) in [6, 6.07) is 0. The fourth-order valence-electron chi connectivity index (χ4n) is 0. The average Bonchev–Trinajstić information content (AvgIpc) is 1.36. The summed E-state index contributed by atoms with van der Waals surface area (Å²) >= 11 is 0. The van der Waals surface area contributed by atoms with Gasteiger partial charge in [-0.3, -0.25) is 0 Å². The lowest BCUT2D eigenvalue weighted by Gasteiger charge is -1.69. The maximum atomic E-state index is 10.3. The molecule has 0 unspecified atom stereocenters. The van der Waals surface area contributed by atoms with E-state index >= 15 is 0 Å². The highest BCUT2D eigenvalue weighted by Gasteiger charge is 1.98. The molecular formula is C2F5-. The van der Waals surface area contributed by atoms with Gasteiger partial charge in [0.05, 0.1) is 0 Å². The molecule has 0 fully saturated rings. The lowest BCUT2D eigenvalue weighted by Crippen LogP contribution is -3.00. The Morgan fingerprint density at radius 2 is 0.857 bits per heavy atom. The van der Waals surface area contributed by atoms with Gasteiger partial charge in [0.25, 0.3) is 0 Å². The van der Waals surface area contributed by atoms with E-state index < -0.39 is 12.2 Å². The Morgan fingerprint density at radius 3 is 0.857 bits per heavy atom. The molecule has 0 radical (unpaired) electrons. The van der Waals surface area contributed by atoms with Crippen molar-refractivity contribution in [2.45, 2.75) is 0 Å². The lowest BCUT2D eigenvalue weighted by atomic mass is 11.1. The minimum atomic E-state index is -2.91. The van der Waals surface area contributed by atoms with Gasteiger partial charge in [-0.05, 0) is 0 Å². The molecule has 0 nitrogen and oxygen atoms in total. The quantitative estimate of drug-likeness (QED) is 0.358. The summed E-state index contributed by atoms with van der Waals surface area (Å²) in [5, 5.41) is 0. The molecule has 0 heterocycles. The molecule has 0 aliphatic heterocycles. The number of halogens is 5. The minimum absolute atomic E-state index is 0. The Morgan fingerprint density at radius 1 is 0.714 bits per heavy atom. The van der Waals surface area contributed by atoms with E-state index in [2.05, 4.69) is 0 Å². The summed E-state index contributed by atoms with van der Waals surface area (Å²) in [4.78, 5) is 0. The molecule has 0 aromatic carbocycles. The van der Waals surface area contributed by atoms with E-state index in [1.807, 2.05) is 0 Å². The van der Waals surface area contributed by atoms with Crippen molar-refractivity contribution in [3.8, 4) is 0 Å². The predicted octanol–water partition coefficient (Wildman–Crippen LogP) is -1.00. The maximum absolute atomic E-state index is 10.3. The van der Waals surface area contributed by atoms with Gasteiger partial charge in [-0.2, -0.15) is 17.6 Å². The maximum Gasteiger partial charge on any atom is 0.334 e. The van der Waals surface area contributed by atoms with E-state index in [1.54, 1.807) is 0 Å². The van der Waals surface area contributed by atoms with Crippen LogP contribution in [0.2, 0.25) is 0 Å². The van der Waals surface area contributed by atoms with Gasteiger partial charge in [0.1, 0.15) is 0 Å². The van der Waals surface area contributed by atoms with Gasteiger partial charge in [-0.25, -0.2) is 0 Å². The Labute approximate surface area is 35.8 Å². The molecule has 0 atom stereocenters. The molecule has 0 aliphatic carbocycles. The average molecular weight is 119 g/mol. The van der Waals surface area contributed by atoms with Crippen LogP contribution >= 0.6 is 0 Å². The molecule has 0 amide bonds. The molecule has 0 aliphatic rings. The predicted molar refractivity (Wildman–Crippen MR) is 11.5 cm³/mol. The first-order valence-corrected chi connectivity index (χ1v) is 1.01. The van der Waals surface area contributed by atoms with E-state index in [0.717, 1.165) is 0 Å². The normalized spacial score (nSPS) is 6.86. The topological polar surface area (TPSA) is 0 Å². The van der Waals surface area contributed by atoms with Crippen LogP contribution in [0.15, 0.2) is 12.2 Å². The second-order valence-corrected chi connectivity index (χ2v) is 0.521. The molecule has 0 bridgehead atoms. The van der Waals surface area contributed by atoms with Gasteiger partial charge in [0, 0.05) is 0 Å². The van der Waals surface area contributed by atoms with Crippen LogP contribution in [0.25, 0.3) is 0 Å². The number of rotatable bonds is 0. The summed E-state index contributed by atoms with van der Waals surface area (Å²) in [7, 11) is 0. The molecular weight excluding hydrogens is 119 g/mol. The van der Waals surface area contributed by atoms with E-state index in [1.165, 1.54) is 0 Å². The molecule has 0 saturated carbocycles. The molecule has 0 rings (SSSR count).